The molecule has 24 nitrogen and oxygen atoms in total. The molecule has 12 N–H and O–H groups in total. The summed E-state index contributed by atoms with van der Waals surface area (Å²) in [4.78, 5) is 35.4. The zero-order valence-corrected chi connectivity index (χ0v) is 52.1. The van der Waals surface area contributed by atoms with Gasteiger partial charge in [0.15, 0.2) is 19.9 Å². The van der Waals surface area contributed by atoms with Crippen molar-refractivity contribution >= 4 is 26.1 Å². The highest BCUT2D eigenvalue weighted by atomic mass is 28.4. The number of benzene rings is 2. The van der Waals surface area contributed by atoms with Crippen LogP contribution in [0.4, 0.5) is 0 Å². The lowest BCUT2D eigenvalue weighted by atomic mass is 9.94. The third-order valence-corrected chi connectivity index (χ3v) is 23.1. The lowest BCUT2D eigenvalue weighted by molar-refractivity contribution is -0.202. The van der Waals surface area contributed by atoms with Crippen molar-refractivity contribution < 1.29 is 73.1 Å². The van der Waals surface area contributed by atoms with Gasteiger partial charge in [0.2, 0.25) is 11.6 Å². The monoisotopic (exact) mass is 1240 g/mol. The number of aliphatic hydroxyl groups is 6. The number of H-pyrrole nitrogens is 2. The van der Waals surface area contributed by atoms with Crippen molar-refractivity contribution in [3.8, 4) is 0 Å². The van der Waals surface area contributed by atoms with E-state index >= 15 is 0 Å². The minimum Gasteiger partial charge on any atom is -0.415 e. The van der Waals surface area contributed by atoms with E-state index in [4.69, 9.17) is 43.1 Å². The van der Waals surface area contributed by atoms with Gasteiger partial charge in [0, 0.05) is 37.2 Å². The van der Waals surface area contributed by atoms with Gasteiger partial charge in [-0.05, 0) is 70.9 Å². The van der Waals surface area contributed by atoms with Gasteiger partial charge in [-0.3, -0.25) is 19.5 Å². The van der Waals surface area contributed by atoms with Gasteiger partial charge in [-0.15, -0.1) is 0 Å². The van der Waals surface area contributed by atoms with Crippen molar-refractivity contribution in [2.75, 3.05) is 52.9 Å². The van der Waals surface area contributed by atoms with E-state index in [-0.39, 0.29) is 54.1 Å². The summed E-state index contributed by atoms with van der Waals surface area (Å²) in [7, 11) is -1.99. The smallest absolute Gasteiger partial charge is 0.224 e. The summed E-state index contributed by atoms with van der Waals surface area (Å²) in [5.41, 5.74) is 9.63. The zero-order chi connectivity index (χ0) is 62.3. The highest BCUT2D eigenvalue weighted by Crippen LogP contribution is 2.48. The molecule has 5 aromatic rings. The fourth-order valence-corrected chi connectivity index (χ4v) is 14.1. The number of rotatable bonds is 16. The summed E-state index contributed by atoms with van der Waals surface area (Å²) in [5.74, 6) is -1.85. The first-order chi connectivity index (χ1) is 42.1. The van der Waals surface area contributed by atoms with E-state index < -0.39 is 68.5 Å². The van der Waals surface area contributed by atoms with Gasteiger partial charge >= 0.3 is 0 Å². The Balaban J connectivity index is 0.000000170. The van der Waals surface area contributed by atoms with Gasteiger partial charge in [0.1, 0.15) is 31.1 Å². The summed E-state index contributed by atoms with van der Waals surface area (Å²) in [6, 6.07) is 18.2. The molecule has 8 aliphatic heterocycles. The molecule has 88 heavy (non-hydrogen) atoms. The van der Waals surface area contributed by atoms with Crippen LogP contribution in [0.1, 0.15) is 124 Å². The fourth-order valence-electron chi connectivity index (χ4n) is 13.1. The van der Waals surface area contributed by atoms with Gasteiger partial charge in [0.05, 0.1) is 144 Å². The number of fused-ring (bicyclic) bond motifs is 5. The second kappa shape index (κ2) is 26.6. The van der Waals surface area contributed by atoms with Crippen LogP contribution in [-0.4, -0.2) is 190 Å². The second-order valence-electron chi connectivity index (χ2n) is 26.0. The molecule has 0 saturated carbocycles. The molecule has 5 fully saturated rings. The molecular formula is C63H87N9O15Si. The molecule has 0 bridgehead atoms. The predicted octanol–water partition coefficient (Wildman–Crippen LogP) is 2.94. The SMILES string of the molecule is CC1(C)OC2C(CO[Si](C)(C)C(C)(C)C)NC(c3cn(COCc4ccccc4)c4c3CN(COCc3ccccc3)CC43OCCO3)C2O1.O=C1C=NCc2c(C3NC(CO)C(O)C3O)c[nH]c21.O=C1CNCc2c(C3NC(CO)C(O)C3O)c[nH]c21. The predicted molar refractivity (Wildman–Crippen MR) is 324 cm³/mol. The molecule has 25 heteroatoms. The van der Waals surface area contributed by atoms with Gasteiger partial charge in [-0.2, -0.15) is 0 Å². The lowest BCUT2D eigenvalue weighted by Crippen LogP contribution is -2.48. The topological polar surface area (TPSA) is 320 Å². The number of aromatic nitrogens is 3. The minimum absolute atomic E-state index is 0.0146. The molecule has 478 valence electrons. The highest BCUT2D eigenvalue weighted by Gasteiger charge is 2.57. The Morgan fingerprint density at radius 3 is 1.85 bits per heavy atom. The normalized spacial score (nSPS) is 29.6. The van der Waals surface area contributed by atoms with Crippen LogP contribution in [-0.2, 0) is 78.2 Å². The van der Waals surface area contributed by atoms with E-state index in [1.807, 2.05) is 50.2 Å². The molecule has 1 spiro atoms. The Kier molecular flexibility index (Phi) is 19.4. The first-order valence-electron chi connectivity index (χ1n) is 30.5. The van der Waals surface area contributed by atoms with Crippen molar-refractivity contribution in [3.05, 3.63) is 141 Å². The molecule has 8 aliphatic rings. The molecule has 0 aliphatic carbocycles. The first kappa shape index (κ1) is 64.3. The maximum absolute atomic E-state index is 11.7. The molecule has 3 aromatic heterocycles. The van der Waals surface area contributed by atoms with Crippen LogP contribution < -0.4 is 21.3 Å². The van der Waals surface area contributed by atoms with Gasteiger partial charge in [0.25, 0.3) is 0 Å². The summed E-state index contributed by atoms with van der Waals surface area (Å²) in [6.07, 6.45) is 2.37. The van der Waals surface area contributed by atoms with Crippen molar-refractivity contribution in [2.45, 2.75) is 177 Å². The summed E-state index contributed by atoms with van der Waals surface area (Å²) in [5, 5.41) is 71.0. The number of Topliss-reactive ketones (excluding diaryl/α,β-unsaturated/α-hetero) is 2. The number of ketones is 2. The van der Waals surface area contributed by atoms with E-state index in [0.717, 1.165) is 44.6 Å². The quantitative estimate of drug-likeness (QED) is 0.0632. The van der Waals surface area contributed by atoms with E-state index in [2.05, 4.69) is 110 Å². The van der Waals surface area contributed by atoms with Crippen LogP contribution in [0.2, 0.25) is 18.1 Å². The molecule has 0 radical (unpaired) electrons. The molecule has 13 rings (SSSR count). The third kappa shape index (κ3) is 13.1. The Bertz CT molecular complexity index is 3240. The van der Waals surface area contributed by atoms with Gasteiger partial charge in [-0.1, -0.05) is 81.4 Å². The van der Waals surface area contributed by atoms with Crippen molar-refractivity contribution in [3.63, 3.8) is 0 Å². The molecular weight excluding hydrogens is 1150 g/mol. The Hall–Kier alpha value is -5.21. The average molecular weight is 1240 g/mol. The highest BCUT2D eigenvalue weighted by molar-refractivity contribution is 6.74. The Morgan fingerprint density at radius 2 is 1.26 bits per heavy atom. The fraction of sp³-hybridized carbons (Fsp3) is 0.571. The lowest BCUT2D eigenvalue weighted by Gasteiger charge is -2.40. The van der Waals surface area contributed by atoms with Crippen molar-refractivity contribution in [2.24, 2.45) is 4.99 Å². The summed E-state index contributed by atoms with van der Waals surface area (Å²) >= 11 is 0. The number of nitrogens with zero attached hydrogens (tertiary/aromatic N) is 3. The van der Waals surface area contributed by atoms with Crippen molar-refractivity contribution in [1.29, 1.82) is 0 Å². The number of carbonyl (C=O) groups excluding carboxylic acids is 2. The molecule has 0 amide bonds. The number of carbonyl (C=O) groups is 2. The molecule has 5 saturated heterocycles. The van der Waals surface area contributed by atoms with Crippen LogP contribution in [0.3, 0.4) is 0 Å². The maximum atomic E-state index is 11.7. The van der Waals surface area contributed by atoms with Gasteiger partial charge < -0.3 is 99.3 Å². The van der Waals surface area contributed by atoms with Crippen LogP contribution in [0, 0.1) is 0 Å². The van der Waals surface area contributed by atoms with E-state index in [1.165, 1.54) is 6.21 Å². The van der Waals surface area contributed by atoms with Crippen LogP contribution in [0.15, 0.2) is 84.2 Å². The molecule has 2 aromatic carbocycles. The standard InChI is InChI=1S/C39H55N3O7Si.C12H17N3O4.C12H15N3O4/c1-37(2,3)50(6,7)47-24-32-34-35(49-38(4,5)48-34)33(40-32)30-21-42(27-44-23-29-16-12-9-13-17-29)36-31(30)20-41(25-39(36)45-18-19-46-39)26-43-22-28-14-10-8-11-15-28;2*16-4-7-11(18)12(19)10(15-7)6-2-14-9-5(6)1-13-3-8(9)17/h8-17,21,32-35,40H,18-20,22-27H2,1-7H3;2,7,10-16,18-19H,1,3-4H2;2-3,7,10-12,14-16,18-19H,1,4H2. The van der Waals surface area contributed by atoms with E-state index in [1.54, 1.807) is 12.4 Å². The Labute approximate surface area is 513 Å². The van der Waals surface area contributed by atoms with Crippen molar-refractivity contribution in [1.82, 2.24) is 40.7 Å². The number of hydrogen-bond acceptors (Lipinski definition) is 21. The molecule has 12 atom stereocenters. The maximum Gasteiger partial charge on any atom is 0.224 e. The third-order valence-electron chi connectivity index (χ3n) is 18.6. The van der Waals surface area contributed by atoms with E-state index in [0.29, 0.717) is 96.2 Å². The number of hydrogen-bond donors (Lipinski definition) is 12. The van der Waals surface area contributed by atoms with Crippen LogP contribution in [0.25, 0.3) is 0 Å². The van der Waals surface area contributed by atoms with Crippen LogP contribution >= 0.6 is 0 Å². The van der Waals surface area contributed by atoms with Gasteiger partial charge in [-0.25, -0.2) is 0 Å². The number of aliphatic hydroxyl groups excluding tert-OH is 6. The number of aromatic amines is 2. The minimum atomic E-state index is -1.99. The van der Waals surface area contributed by atoms with Crippen LogP contribution in [0.5, 0.6) is 0 Å². The largest absolute Gasteiger partial charge is 0.415 e. The number of aliphatic imine (C=N–C) groups is 1. The second-order valence-corrected chi connectivity index (χ2v) is 30.8. The average Bonchev–Trinajstić information content (AvgIpc) is 1.61. The summed E-state index contributed by atoms with van der Waals surface area (Å²) < 4.78 is 48.0. The summed E-state index contributed by atoms with van der Waals surface area (Å²) in [6.45, 7) is 20.8. The van der Waals surface area contributed by atoms with E-state index in [9.17, 15) is 30.0 Å². The molecule has 11 heterocycles. The first-order valence-corrected chi connectivity index (χ1v) is 33.4. The number of ether oxygens (including phenoxy) is 6. The zero-order valence-electron chi connectivity index (χ0n) is 51.1. The number of nitrogens with one attached hydrogen (secondary N) is 6. The molecule has 12 unspecified atom stereocenters. The Morgan fingerprint density at radius 1 is 0.693 bits per heavy atom.